The van der Waals surface area contributed by atoms with Crippen molar-refractivity contribution in [1.82, 2.24) is 0 Å². The molecule has 0 radical (unpaired) electrons. The fourth-order valence-corrected chi connectivity index (χ4v) is 6.44. The number of aryl methyl sites for hydroxylation is 1. The third-order valence-corrected chi connectivity index (χ3v) is 9.05. The zero-order chi connectivity index (χ0) is 29.6. The Kier molecular flexibility index (Phi) is 12.5. The first-order valence-corrected chi connectivity index (χ1v) is 16.5. The SMILES string of the molecule is C/C=C(/N=Nc1ccc(N(CCO)CCO)cc1)c1ccccc1NCCSSCC[n+]1ccc(N)c2ccccc21. The number of azo groups is 1. The molecule has 8 nitrogen and oxygen atoms in total. The van der Waals surface area contributed by atoms with Crippen LogP contribution in [0.15, 0.2) is 101 Å². The number of aliphatic hydroxyl groups is 2. The van der Waals surface area contributed by atoms with Crippen LogP contribution >= 0.6 is 21.6 Å². The van der Waals surface area contributed by atoms with Gasteiger partial charge in [-0.15, -0.1) is 0 Å². The summed E-state index contributed by atoms with van der Waals surface area (Å²) in [5.74, 6) is 1.97. The number of anilines is 3. The first-order chi connectivity index (χ1) is 20.6. The van der Waals surface area contributed by atoms with Crippen LogP contribution in [0.2, 0.25) is 0 Å². The largest absolute Gasteiger partial charge is 0.398 e. The molecule has 4 aromatic rings. The molecule has 1 heterocycles. The highest BCUT2D eigenvalue weighted by Crippen LogP contribution is 2.28. The molecule has 4 rings (SSSR count). The number of hydrogen-bond acceptors (Lipinski definition) is 9. The van der Waals surface area contributed by atoms with Crippen LogP contribution in [-0.4, -0.2) is 54.6 Å². The summed E-state index contributed by atoms with van der Waals surface area (Å²) in [6.45, 7) is 4.70. The molecule has 0 bridgehead atoms. The van der Waals surface area contributed by atoms with Crippen LogP contribution in [-0.2, 0) is 6.54 Å². The van der Waals surface area contributed by atoms with Crippen molar-refractivity contribution in [2.45, 2.75) is 13.5 Å². The second kappa shape index (κ2) is 16.8. The summed E-state index contributed by atoms with van der Waals surface area (Å²) in [7, 11) is 3.74. The van der Waals surface area contributed by atoms with Gasteiger partial charge < -0.3 is 26.2 Å². The Bertz CT molecular complexity index is 1470. The summed E-state index contributed by atoms with van der Waals surface area (Å²) in [5, 5.41) is 32.2. The van der Waals surface area contributed by atoms with Gasteiger partial charge in [-0.3, -0.25) is 0 Å². The molecule has 220 valence electrons. The first kappa shape index (κ1) is 31.4. The number of nitrogen functional groups attached to an aromatic ring is 1. The molecule has 0 unspecified atom stereocenters. The van der Waals surface area contributed by atoms with Crippen molar-refractivity contribution in [3.8, 4) is 0 Å². The standard InChI is InChI=1S/C32H38N6O2S2/c1-2-30(36-35-25-11-13-26(14-12-25)37(18-21-39)19-22-40)28-8-3-5-9-31(28)34-16-23-41-42-24-20-38-17-15-29(33)27-7-4-6-10-32(27)38/h2-15,17,33-34,39-40H,16,18-24H2,1H3/p+1/b30-2+,36-35?. The van der Waals surface area contributed by atoms with Crippen LogP contribution in [0.25, 0.3) is 16.6 Å². The predicted octanol–water partition coefficient (Wildman–Crippen LogP) is 6.14. The van der Waals surface area contributed by atoms with Gasteiger partial charge in [-0.25, -0.2) is 0 Å². The van der Waals surface area contributed by atoms with Crippen molar-refractivity contribution in [1.29, 1.82) is 0 Å². The molecule has 0 aliphatic heterocycles. The number of fused-ring (bicyclic) bond motifs is 1. The van der Waals surface area contributed by atoms with Gasteiger partial charge in [0.05, 0.1) is 41.4 Å². The molecule has 0 spiro atoms. The highest BCUT2D eigenvalue weighted by atomic mass is 33.1. The summed E-state index contributed by atoms with van der Waals surface area (Å²) in [6.07, 6.45) is 4.03. The average Bonchev–Trinajstić information content (AvgIpc) is 3.03. The zero-order valence-electron chi connectivity index (χ0n) is 23.9. The first-order valence-electron chi connectivity index (χ1n) is 14.0. The maximum Gasteiger partial charge on any atom is 0.214 e. The Morgan fingerprint density at radius 3 is 2.40 bits per heavy atom. The van der Waals surface area contributed by atoms with E-state index in [0.29, 0.717) is 13.1 Å². The molecule has 0 saturated heterocycles. The average molecular weight is 604 g/mol. The number of aromatic nitrogens is 1. The minimum absolute atomic E-state index is 0.0262. The highest BCUT2D eigenvalue weighted by Gasteiger charge is 2.11. The fraction of sp³-hybridized carbons (Fsp3) is 0.281. The molecule has 5 N–H and O–H groups in total. The molecule has 0 atom stereocenters. The van der Waals surface area contributed by atoms with Crippen molar-refractivity contribution < 1.29 is 14.8 Å². The van der Waals surface area contributed by atoms with Gasteiger partial charge in [-0.1, -0.05) is 58.0 Å². The third kappa shape index (κ3) is 8.72. The van der Waals surface area contributed by atoms with E-state index in [4.69, 9.17) is 5.73 Å². The van der Waals surface area contributed by atoms with E-state index in [9.17, 15) is 10.2 Å². The van der Waals surface area contributed by atoms with E-state index < -0.39 is 0 Å². The van der Waals surface area contributed by atoms with Gasteiger partial charge in [0.25, 0.3) is 0 Å². The number of pyridine rings is 1. The zero-order valence-corrected chi connectivity index (χ0v) is 25.5. The van der Waals surface area contributed by atoms with Gasteiger partial charge in [0.15, 0.2) is 12.7 Å². The maximum absolute atomic E-state index is 9.29. The number of nitrogens with one attached hydrogen (secondary N) is 1. The third-order valence-electron chi connectivity index (χ3n) is 6.66. The fourth-order valence-electron chi connectivity index (χ4n) is 4.57. The molecule has 1 aromatic heterocycles. The van der Waals surface area contributed by atoms with Crippen LogP contribution in [0.3, 0.4) is 0 Å². The van der Waals surface area contributed by atoms with Crippen LogP contribution in [0.1, 0.15) is 12.5 Å². The minimum Gasteiger partial charge on any atom is -0.398 e. The minimum atomic E-state index is 0.0262. The molecule has 0 fully saturated rings. The molecular formula is C32H39N6O2S2+. The number of nitrogens with two attached hydrogens (primary N) is 1. The number of allylic oxidation sites excluding steroid dienone is 1. The number of benzene rings is 3. The Hall–Kier alpha value is -3.57. The number of rotatable bonds is 16. The predicted molar refractivity (Wildman–Crippen MR) is 179 cm³/mol. The van der Waals surface area contributed by atoms with Gasteiger partial charge in [0.2, 0.25) is 5.52 Å². The van der Waals surface area contributed by atoms with Crippen molar-refractivity contribution in [3.63, 3.8) is 0 Å². The summed E-state index contributed by atoms with van der Waals surface area (Å²) in [4.78, 5) is 1.93. The van der Waals surface area contributed by atoms with Gasteiger partial charge in [-0.05, 0) is 43.3 Å². The smallest absolute Gasteiger partial charge is 0.214 e. The number of aliphatic hydroxyl groups excluding tert-OH is 2. The van der Waals surface area contributed by atoms with Crippen molar-refractivity contribution in [2.75, 3.05) is 60.3 Å². The molecule has 3 aromatic carbocycles. The van der Waals surface area contributed by atoms with Gasteiger partial charge >= 0.3 is 0 Å². The highest BCUT2D eigenvalue weighted by molar-refractivity contribution is 8.76. The number of para-hydroxylation sites is 2. The molecule has 42 heavy (non-hydrogen) atoms. The van der Waals surface area contributed by atoms with E-state index in [2.05, 4.69) is 56.6 Å². The molecule has 10 heteroatoms. The van der Waals surface area contributed by atoms with Gasteiger partial charge in [0, 0.05) is 54.5 Å². The van der Waals surface area contributed by atoms with E-state index in [1.54, 1.807) is 0 Å². The lowest BCUT2D eigenvalue weighted by atomic mass is 10.1. The second-order valence-corrected chi connectivity index (χ2v) is 12.1. The van der Waals surface area contributed by atoms with Crippen LogP contribution in [0, 0.1) is 0 Å². The number of nitrogens with zero attached hydrogens (tertiary/aromatic N) is 4. The summed E-state index contributed by atoms with van der Waals surface area (Å²) < 4.78 is 2.26. The molecule has 0 saturated carbocycles. The van der Waals surface area contributed by atoms with Crippen LogP contribution < -0.4 is 20.5 Å². The Balaban J connectivity index is 1.27. The van der Waals surface area contributed by atoms with Crippen molar-refractivity contribution in [2.24, 2.45) is 10.2 Å². The van der Waals surface area contributed by atoms with Crippen LogP contribution in [0.4, 0.5) is 22.7 Å². The monoisotopic (exact) mass is 603 g/mol. The molecule has 0 aliphatic rings. The normalized spacial score (nSPS) is 11.8. The maximum atomic E-state index is 9.29. The van der Waals surface area contributed by atoms with E-state index in [0.717, 1.165) is 69.5 Å². The van der Waals surface area contributed by atoms with E-state index in [1.807, 2.05) is 88.0 Å². The molecular weight excluding hydrogens is 565 g/mol. The summed E-state index contributed by atoms with van der Waals surface area (Å²) in [5.41, 5.74) is 12.6. The van der Waals surface area contributed by atoms with Gasteiger partial charge in [0.1, 0.15) is 0 Å². The lowest BCUT2D eigenvalue weighted by Gasteiger charge is -2.22. The lowest BCUT2D eigenvalue weighted by Crippen LogP contribution is -2.35. The number of hydrogen-bond donors (Lipinski definition) is 4. The van der Waals surface area contributed by atoms with Crippen molar-refractivity contribution >= 4 is 60.9 Å². The Morgan fingerprint density at radius 1 is 0.929 bits per heavy atom. The topological polar surface area (TPSA) is 110 Å². The molecule has 0 aliphatic carbocycles. The quantitative estimate of drug-likeness (QED) is 0.0527. The Morgan fingerprint density at radius 2 is 1.64 bits per heavy atom. The Labute approximate surface area is 255 Å². The second-order valence-electron chi connectivity index (χ2n) is 9.42. The van der Waals surface area contributed by atoms with Crippen LogP contribution in [0.5, 0.6) is 0 Å². The van der Waals surface area contributed by atoms with E-state index in [-0.39, 0.29) is 13.2 Å². The summed E-state index contributed by atoms with van der Waals surface area (Å²) >= 11 is 0. The lowest BCUT2D eigenvalue weighted by molar-refractivity contribution is -0.666. The molecule has 0 amide bonds. The summed E-state index contributed by atoms with van der Waals surface area (Å²) in [6, 6.07) is 26.0. The van der Waals surface area contributed by atoms with Crippen molar-refractivity contribution in [3.05, 3.63) is 96.7 Å². The van der Waals surface area contributed by atoms with Gasteiger partial charge in [-0.2, -0.15) is 14.8 Å². The van der Waals surface area contributed by atoms with E-state index in [1.165, 1.54) is 0 Å². The van der Waals surface area contributed by atoms with E-state index >= 15 is 0 Å².